The van der Waals surface area contributed by atoms with E-state index in [2.05, 4.69) is 83.8 Å². The number of hydrogen-bond acceptors (Lipinski definition) is 4. The number of pyridine rings is 1. The minimum absolute atomic E-state index is 0.00792. The van der Waals surface area contributed by atoms with Gasteiger partial charge in [0, 0.05) is 43.8 Å². The van der Waals surface area contributed by atoms with Gasteiger partial charge in [0.25, 0.3) is 0 Å². The number of thiocarbonyl (C=S) groups is 1. The van der Waals surface area contributed by atoms with Crippen LogP contribution in [0.25, 0.3) is 5.69 Å². The number of benzene rings is 1. The first-order valence-electron chi connectivity index (χ1n) is 13.6. The zero-order valence-corrected chi connectivity index (χ0v) is 23.4. The molecule has 0 unspecified atom stereocenters. The summed E-state index contributed by atoms with van der Waals surface area (Å²) in [6, 6.07) is 15.2. The lowest BCUT2D eigenvalue weighted by molar-refractivity contribution is 0.0365. The number of rotatable bonds is 8. The largest absolute Gasteiger partial charge is 0.379 e. The Balaban J connectivity index is 1.51. The van der Waals surface area contributed by atoms with Gasteiger partial charge in [-0.2, -0.15) is 0 Å². The van der Waals surface area contributed by atoms with Crippen molar-refractivity contribution in [1.29, 1.82) is 0 Å². The normalized spacial score (nSPS) is 20.4. The summed E-state index contributed by atoms with van der Waals surface area (Å²) in [5, 5.41) is 4.46. The second-order valence-corrected chi connectivity index (χ2v) is 10.6. The van der Waals surface area contributed by atoms with E-state index < -0.39 is 0 Å². The van der Waals surface area contributed by atoms with Crippen LogP contribution in [-0.2, 0) is 11.2 Å². The Morgan fingerprint density at radius 2 is 1.86 bits per heavy atom. The number of aryl methyl sites for hydroxylation is 3. The second-order valence-electron chi connectivity index (χ2n) is 10.2. The van der Waals surface area contributed by atoms with Gasteiger partial charge >= 0.3 is 0 Å². The van der Waals surface area contributed by atoms with E-state index in [4.69, 9.17) is 21.9 Å². The van der Waals surface area contributed by atoms with Crippen LogP contribution in [0.1, 0.15) is 59.2 Å². The van der Waals surface area contributed by atoms with Crippen LogP contribution < -0.4 is 5.32 Å². The van der Waals surface area contributed by atoms with Crippen LogP contribution in [0.5, 0.6) is 0 Å². The third-order valence-electron chi connectivity index (χ3n) is 7.89. The summed E-state index contributed by atoms with van der Waals surface area (Å²) in [5.41, 5.74) is 8.86. The molecule has 0 amide bonds. The molecule has 1 N–H and O–H groups in total. The molecule has 3 aromatic rings. The molecule has 0 bridgehead atoms. The van der Waals surface area contributed by atoms with Crippen LogP contribution in [0.15, 0.2) is 48.7 Å². The Labute approximate surface area is 226 Å². The molecule has 2 aliphatic rings. The van der Waals surface area contributed by atoms with Gasteiger partial charge in [-0.05, 0) is 80.7 Å². The molecule has 0 saturated carbocycles. The van der Waals surface area contributed by atoms with Crippen molar-refractivity contribution in [3.63, 3.8) is 0 Å². The summed E-state index contributed by atoms with van der Waals surface area (Å²) in [5.74, 6) is 0. The number of morpholine rings is 1. The van der Waals surface area contributed by atoms with E-state index in [1.54, 1.807) is 0 Å². The Morgan fingerprint density at radius 3 is 2.59 bits per heavy atom. The number of para-hydroxylation sites is 1. The molecule has 0 spiro atoms. The topological polar surface area (TPSA) is 45.6 Å². The maximum absolute atomic E-state index is 5.95. The highest BCUT2D eigenvalue weighted by Gasteiger charge is 2.41. The number of hydrogen-bond donors (Lipinski definition) is 1. The highest BCUT2D eigenvalue weighted by molar-refractivity contribution is 7.80. The van der Waals surface area contributed by atoms with E-state index >= 15 is 0 Å². The first-order chi connectivity index (χ1) is 18.0. The van der Waals surface area contributed by atoms with Crippen LogP contribution in [0.3, 0.4) is 0 Å². The molecular weight excluding hydrogens is 478 g/mol. The lowest BCUT2D eigenvalue weighted by Crippen LogP contribution is -2.39. The maximum atomic E-state index is 5.95. The third-order valence-corrected chi connectivity index (χ3v) is 8.24. The fourth-order valence-electron chi connectivity index (χ4n) is 6.03. The van der Waals surface area contributed by atoms with Gasteiger partial charge < -0.3 is 19.5 Å². The smallest absolute Gasteiger partial charge is 0.170 e. The van der Waals surface area contributed by atoms with Gasteiger partial charge in [0.15, 0.2) is 5.11 Å². The monoisotopic (exact) mass is 517 g/mol. The van der Waals surface area contributed by atoms with Gasteiger partial charge in [0.1, 0.15) is 0 Å². The van der Waals surface area contributed by atoms with E-state index in [-0.39, 0.29) is 12.1 Å². The Hall–Kier alpha value is -2.74. The molecule has 0 aliphatic carbocycles. The molecule has 196 valence electrons. The van der Waals surface area contributed by atoms with Crippen LogP contribution in [0, 0.1) is 20.8 Å². The number of ether oxygens (including phenoxy) is 1. The molecule has 2 saturated heterocycles. The van der Waals surface area contributed by atoms with Crippen molar-refractivity contribution >= 4 is 17.3 Å². The van der Waals surface area contributed by atoms with Crippen molar-refractivity contribution in [2.45, 2.75) is 52.6 Å². The van der Waals surface area contributed by atoms with Crippen molar-refractivity contribution in [1.82, 2.24) is 24.7 Å². The Bertz CT molecular complexity index is 1230. The summed E-state index contributed by atoms with van der Waals surface area (Å²) >= 11 is 5.95. The van der Waals surface area contributed by atoms with Crippen LogP contribution >= 0.6 is 12.2 Å². The number of nitrogens with zero attached hydrogens (tertiary/aromatic N) is 4. The van der Waals surface area contributed by atoms with E-state index in [1.165, 1.54) is 33.8 Å². The van der Waals surface area contributed by atoms with Gasteiger partial charge in [0.2, 0.25) is 0 Å². The average molecular weight is 518 g/mol. The van der Waals surface area contributed by atoms with E-state index in [1.807, 2.05) is 12.3 Å². The maximum Gasteiger partial charge on any atom is 0.170 e. The molecule has 2 aromatic heterocycles. The zero-order valence-electron chi connectivity index (χ0n) is 22.5. The fourth-order valence-corrected chi connectivity index (χ4v) is 6.36. The third kappa shape index (κ3) is 5.17. The summed E-state index contributed by atoms with van der Waals surface area (Å²) in [6.07, 6.45) is 3.94. The second kappa shape index (κ2) is 11.3. The first kappa shape index (κ1) is 25.9. The van der Waals surface area contributed by atoms with Gasteiger partial charge in [-0.3, -0.25) is 9.88 Å². The zero-order chi connectivity index (χ0) is 25.9. The Morgan fingerprint density at radius 1 is 1.05 bits per heavy atom. The summed E-state index contributed by atoms with van der Waals surface area (Å²) < 4.78 is 7.98. The minimum atomic E-state index is 0.00792. The van der Waals surface area contributed by atoms with Gasteiger partial charge in [-0.15, -0.1) is 0 Å². The van der Waals surface area contributed by atoms with Crippen molar-refractivity contribution in [3.8, 4) is 5.69 Å². The summed E-state index contributed by atoms with van der Waals surface area (Å²) in [7, 11) is 0. The van der Waals surface area contributed by atoms with Crippen LogP contribution in [0.2, 0.25) is 0 Å². The predicted molar refractivity (Wildman–Crippen MR) is 153 cm³/mol. The molecule has 2 fully saturated rings. The molecule has 2 atom stereocenters. The van der Waals surface area contributed by atoms with Crippen LogP contribution in [0.4, 0.5) is 0 Å². The van der Waals surface area contributed by atoms with Crippen LogP contribution in [-0.4, -0.2) is 63.9 Å². The van der Waals surface area contributed by atoms with E-state index in [0.717, 1.165) is 63.0 Å². The van der Waals surface area contributed by atoms with Gasteiger partial charge in [0.05, 0.1) is 36.7 Å². The lowest BCUT2D eigenvalue weighted by atomic mass is 9.96. The van der Waals surface area contributed by atoms with Crippen molar-refractivity contribution in [3.05, 3.63) is 82.4 Å². The molecule has 6 nitrogen and oxygen atoms in total. The highest BCUT2D eigenvalue weighted by Crippen LogP contribution is 2.42. The number of nitrogens with one attached hydrogen (secondary N) is 1. The molecule has 2 aliphatic heterocycles. The van der Waals surface area contributed by atoms with E-state index in [9.17, 15) is 0 Å². The number of aromatic nitrogens is 2. The van der Waals surface area contributed by atoms with Crippen molar-refractivity contribution in [2.24, 2.45) is 0 Å². The van der Waals surface area contributed by atoms with Gasteiger partial charge in [-0.25, -0.2) is 0 Å². The lowest BCUT2D eigenvalue weighted by Gasteiger charge is -2.30. The molecular formula is C30H39N5OS. The SMILES string of the molecule is CCc1cccc(C)c1-n1c(C)cc([C@@H]2[C@H](c3ccccn3)NC(=S)N2CCCN2CCOCC2)c1C. The minimum Gasteiger partial charge on any atom is -0.379 e. The standard InChI is InChI=1S/C30H39N5OS/c1-5-24-11-8-10-21(2)28(24)35-22(3)20-25(23(35)4)29-27(26-12-6-7-13-31-26)32-30(37)34(29)15-9-14-33-16-18-36-19-17-33/h6-8,10-13,20,27,29H,5,9,14-19H2,1-4H3,(H,32,37)/t27-,29+/m0/s1. The first-order valence-corrected chi connectivity index (χ1v) is 14.0. The molecule has 4 heterocycles. The van der Waals surface area contributed by atoms with Gasteiger partial charge in [-0.1, -0.05) is 31.2 Å². The molecule has 5 rings (SSSR count). The summed E-state index contributed by atoms with van der Waals surface area (Å²) in [4.78, 5) is 9.64. The van der Waals surface area contributed by atoms with E-state index in [0.29, 0.717) is 0 Å². The van der Waals surface area contributed by atoms with Crippen molar-refractivity contribution in [2.75, 3.05) is 39.4 Å². The van der Waals surface area contributed by atoms with Crippen molar-refractivity contribution < 1.29 is 4.74 Å². The summed E-state index contributed by atoms with van der Waals surface area (Å²) in [6.45, 7) is 14.6. The molecule has 0 radical (unpaired) electrons. The average Bonchev–Trinajstić information content (AvgIpc) is 3.39. The molecule has 1 aromatic carbocycles. The highest BCUT2D eigenvalue weighted by atomic mass is 32.1. The molecule has 7 heteroatoms. The Kier molecular flexibility index (Phi) is 7.93. The quantitative estimate of drug-likeness (QED) is 0.422. The fraction of sp³-hybridized carbons (Fsp3) is 0.467. The molecule has 37 heavy (non-hydrogen) atoms. The predicted octanol–water partition coefficient (Wildman–Crippen LogP) is 5.05.